The molecule has 0 saturated carbocycles. The molecular weight excluding hydrogens is 311 g/mol. The standard InChI is InChI=1S/C16H20O3S.K/c1-3-5-12-9-13(6-4-2)16-11-15(20(17,18)19)8-7-14(16)10-12;/h7-11H,3-6H2,1-2H3,(H,17,18,19);/q;+1/p-1. The van der Waals surface area contributed by atoms with Crippen LogP contribution in [0.25, 0.3) is 10.8 Å². The third kappa shape index (κ3) is 4.86. The molecule has 2 aromatic carbocycles. The van der Waals surface area contributed by atoms with Crippen molar-refractivity contribution in [3.05, 3.63) is 41.5 Å². The van der Waals surface area contributed by atoms with Gasteiger partial charge >= 0.3 is 51.4 Å². The van der Waals surface area contributed by atoms with E-state index >= 15 is 0 Å². The maximum atomic E-state index is 11.2. The van der Waals surface area contributed by atoms with Crippen molar-refractivity contribution < 1.29 is 64.4 Å². The molecule has 0 aromatic heterocycles. The Morgan fingerprint density at radius 3 is 2.24 bits per heavy atom. The second-order valence-corrected chi connectivity index (χ2v) is 6.47. The Morgan fingerprint density at radius 2 is 1.67 bits per heavy atom. The first-order valence-corrected chi connectivity index (χ1v) is 8.38. The third-order valence-corrected chi connectivity index (χ3v) is 4.25. The monoisotopic (exact) mass is 330 g/mol. The van der Waals surface area contributed by atoms with Crippen LogP contribution in [-0.2, 0) is 23.0 Å². The van der Waals surface area contributed by atoms with Crippen molar-refractivity contribution in [3.8, 4) is 0 Å². The predicted molar refractivity (Wildman–Crippen MR) is 79.9 cm³/mol. The van der Waals surface area contributed by atoms with Crippen LogP contribution < -0.4 is 51.4 Å². The quantitative estimate of drug-likeness (QED) is 0.597. The molecule has 2 rings (SSSR count). The number of benzene rings is 2. The van der Waals surface area contributed by atoms with E-state index in [1.54, 1.807) is 6.07 Å². The van der Waals surface area contributed by atoms with Gasteiger partial charge in [0.05, 0.1) is 4.90 Å². The van der Waals surface area contributed by atoms with Crippen LogP contribution in [0.4, 0.5) is 0 Å². The molecule has 108 valence electrons. The average molecular weight is 330 g/mol. The van der Waals surface area contributed by atoms with Crippen molar-refractivity contribution in [3.63, 3.8) is 0 Å². The average Bonchev–Trinajstić information content (AvgIpc) is 2.38. The summed E-state index contributed by atoms with van der Waals surface area (Å²) in [5.74, 6) is 0. The minimum atomic E-state index is -4.40. The minimum Gasteiger partial charge on any atom is -0.744 e. The summed E-state index contributed by atoms with van der Waals surface area (Å²) < 4.78 is 33.5. The Kier molecular flexibility index (Phi) is 7.53. The van der Waals surface area contributed by atoms with E-state index in [0.717, 1.165) is 42.0 Å². The van der Waals surface area contributed by atoms with E-state index in [1.807, 2.05) is 0 Å². The summed E-state index contributed by atoms with van der Waals surface area (Å²) in [4.78, 5) is -0.148. The molecule has 3 nitrogen and oxygen atoms in total. The van der Waals surface area contributed by atoms with Gasteiger partial charge in [-0.15, -0.1) is 0 Å². The molecule has 0 N–H and O–H groups in total. The van der Waals surface area contributed by atoms with E-state index in [-0.39, 0.29) is 56.3 Å². The SMILES string of the molecule is CCCc1cc(CCC)c2cc(S(=O)(=O)[O-])ccc2c1.[K+]. The second kappa shape index (κ2) is 8.20. The number of hydrogen-bond donors (Lipinski definition) is 0. The van der Waals surface area contributed by atoms with Crippen molar-refractivity contribution in [2.24, 2.45) is 0 Å². The van der Waals surface area contributed by atoms with Gasteiger partial charge in [0.2, 0.25) is 0 Å². The Bertz CT molecular complexity index is 724. The topological polar surface area (TPSA) is 57.2 Å². The van der Waals surface area contributed by atoms with Gasteiger partial charge in [0.1, 0.15) is 10.1 Å². The molecule has 0 saturated heterocycles. The normalized spacial score (nSPS) is 11.4. The predicted octanol–water partition coefficient (Wildman–Crippen LogP) is 0.653. The smallest absolute Gasteiger partial charge is 0.744 e. The molecule has 0 fully saturated rings. The summed E-state index contributed by atoms with van der Waals surface area (Å²) in [5.41, 5.74) is 2.39. The van der Waals surface area contributed by atoms with Crippen LogP contribution in [0.15, 0.2) is 35.2 Å². The zero-order chi connectivity index (χ0) is 14.8. The number of hydrogen-bond acceptors (Lipinski definition) is 3. The molecule has 0 aliphatic heterocycles. The van der Waals surface area contributed by atoms with Crippen molar-refractivity contribution in [2.75, 3.05) is 0 Å². The summed E-state index contributed by atoms with van der Waals surface area (Å²) in [6.45, 7) is 4.23. The van der Waals surface area contributed by atoms with Crippen LogP contribution >= 0.6 is 0 Å². The van der Waals surface area contributed by atoms with E-state index in [0.29, 0.717) is 0 Å². The molecule has 0 unspecified atom stereocenters. The number of fused-ring (bicyclic) bond motifs is 1. The van der Waals surface area contributed by atoms with Crippen molar-refractivity contribution in [1.82, 2.24) is 0 Å². The van der Waals surface area contributed by atoms with Gasteiger partial charge in [0, 0.05) is 0 Å². The summed E-state index contributed by atoms with van der Waals surface area (Å²) in [6, 6.07) is 8.86. The van der Waals surface area contributed by atoms with Crippen LogP contribution in [0.3, 0.4) is 0 Å². The first-order valence-electron chi connectivity index (χ1n) is 6.97. The van der Waals surface area contributed by atoms with E-state index < -0.39 is 10.1 Å². The first kappa shape index (κ1) is 19.3. The number of aryl methyl sites for hydroxylation is 2. The fraction of sp³-hybridized carbons (Fsp3) is 0.375. The third-order valence-electron chi connectivity index (χ3n) is 3.42. The van der Waals surface area contributed by atoms with Gasteiger partial charge in [-0.05, 0) is 46.9 Å². The summed E-state index contributed by atoms with van der Waals surface area (Å²) in [5, 5.41) is 1.88. The number of rotatable bonds is 5. The van der Waals surface area contributed by atoms with Crippen molar-refractivity contribution in [1.29, 1.82) is 0 Å². The Balaban J connectivity index is 0.00000220. The van der Waals surface area contributed by atoms with E-state index in [9.17, 15) is 13.0 Å². The second-order valence-electron chi connectivity index (χ2n) is 5.09. The molecule has 0 aliphatic carbocycles. The zero-order valence-corrected chi connectivity index (χ0v) is 16.8. The van der Waals surface area contributed by atoms with Gasteiger partial charge in [0.15, 0.2) is 0 Å². The molecule has 0 heterocycles. The maximum absolute atomic E-state index is 11.2. The molecule has 0 spiro atoms. The van der Waals surface area contributed by atoms with Crippen LogP contribution in [0.5, 0.6) is 0 Å². The van der Waals surface area contributed by atoms with E-state index in [4.69, 9.17) is 0 Å². The Morgan fingerprint density at radius 1 is 1.00 bits per heavy atom. The zero-order valence-electron chi connectivity index (χ0n) is 12.8. The Hall–Kier alpha value is 0.246. The van der Waals surface area contributed by atoms with Crippen molar-refractivity contribution >= 4 is 20.9 Å². The van der Waals surface area contributed by atoms with Gasteiger partial charge < -0.3 is 4.55 Å². The fourth-order valence-electron chi connectivity index (χ4n) is 2.55. The molecular formula is C16H19KO3S. The molecule has 0 radical (unpaired) electrons. The molecule has 0 bridgehead atoms. The van der Waals surface area contributed by atoms with Crippen LogP contribution in [0.1, 0.15) is 37.8 Å². The fourth-order valence-corrected chi connectivity index (χ4v) is 3.04. The van der Waals surface area contributed by atoms with E-state index in [1.165, 1.54) is 17.7 Å². The van der Waals surface area contributed by atoms with E-state index in [2.05, 4.69) is 26.0 Å². The van der Waals surface area contributed by atoms with Crippen LogP contribution in [-0.4, -0.2) is 13.0 Å². The van der Waals surface area contributed by atoms with Crippen LogP contribution in [0, 0.1) is 0 Å². The van der Waals surface area contributed by atoms with Gasteiger partial charge in [-0.3, -0.25) is 0 Å². The summed E-state index contributed by atoms with van der Waals surface area (Å²) in [6.07, 6.45) is 3.95. The molecule has 0 aliphatic rings. The van der Waals surface area contributed by atoms with Gasteiger partial charge in [-0.2, -0.15) is 0 Å². The molecule has 21 heavy (non-hydrogen) atoms. The summed E-state index contributed by atoms with van der Waals surface area (Å²) in [7, 11) is -4.40. The molecule has 2 aromatic rings. The maximum Gasteiger partial charge on any atom is 1.00 e. The summed E-state index contributed by atoms with van der Waals surface area (Å²) >= 11 is 0. The first-order chi connectivity index (χ1) is 9.45. The van der Waals surface area contributed by atoms with Gasteiger partial charge in [-0.25, -0.2) is 8.42 Å². The van der Waals surface area contributed by atoms with Gasteiger partial charge in [-0.1, -0.05) is 44.9 Å². The van der Waals surface area contributed by atoms with Crippen LogP contribution in [0.2, 0.25) is 0 Å². The van der Waals surface area contributed by atoms with Crippen molar-refractivity contribution in [2.45, 2.75) is 44.4 Å². The molecule has 5 heteroatoms. The minimum absolute atomic E-state index is 0. The van der Waals surface area contributed by atoms with Gasteiger partial charge in [0.25, 0.3) is 0 Å². The largest absolute Gasteiger partial charge is 1.00 e. The Labute approximate surface area is 169 Å². The molecule has 0 atom stereocenters. The molecule has 0 amide bonds.